The van der Waals surface area contributed by atoms with Gasteiger partial charge < -0.3 is 16.0 Å². The minimum absolute atomic E-state index is 0.163. The van der Waals surface area contributed by atoms with Crippen molar-refractivity contribution in [2.75, 3.05) is 44.3 Å². The molecule has 1 saturated heterocycles. The molecule has 2 heterocycles. The highest BCUT2D eigenvalue weighted by molar-refractivity contribution is 6.31. The Morgan fingerprint density at radius 1 is 1.00 bits per heavy atom. The van der Waals surface area contributed by atoms with Crippen LogP contribution in [0.5, 0.6) is 0 Å². The van der Waals surface area contributed by atoms with Crippen LogP contribution in [0.4, 0.5) is 11.5 Å². The minimum Gasteiger partial charge on any atom is -0.383 e. The van der Waals surface area contributed by atoms with Crippen molar-refractivity contribution in [2.45, 2.75) is 6.54 Å². The van der Waals surface area contributed by atoms with Gasteiger partial charge in [-0.15, -0.1) is 0 Å². The standard InChI is InChI=1S/C30H28ClN5O/c1-35-14-16-36(17-15-35)20-22-4-11-26(12-5-22)34-30(37)23-7-2-21(3-8-23)6-13-27-28-18-25(31)10-9-24(28)19-33-29(27)32/h2-5,7-12,18-19H,14-17,20H2,1H3,(H2,32,33)(H,34,37). The second-order valence-corrected chi connectivity index (χ2v) is 9.74. The van der Waals surface area contributed by atoms with Crippen molar-refractivity contribution in [1.29, 1.82) is 0 Å². The van der Waals surface area contributed by atoms with E-state index in [1.807, 2.05) is 42.5 Å². The number of halogens is 1. The number of hydrogen-bond acceptors (Lipinski definition) is 5. The Hall–Kier alpha value is -3.89. The lowest BCUT2D eigenvalue weighted by Gasteiger charge is -2.32. The zero-order valence-electron chi connectivity index (χ0n) is 20.7. The van der Waals surface area contributed by atoms with Crippen molar-refractivity contribution in [2.24, 2.45) is 0 Å². The molecule has 5 rings (SSSR count). The van der Waals surface area contributed by atoms with Crippen LogP contribution < -0.4 is 11.1 Å². The van der Waals surface area contributed by atoms with Gasteiger partial charge in [0, 0.05) is 71.5 Å². The average Bonchev–Trinajstić information content (AvgIpc) is 2.91. The number of nitrogens with two attached hydrogens (primary N) is 1. The molecule has 3 N–H and O–H groups in total. The molecule has 1 amide bonds. The van der Waals surface area contributed by atoms with E-state index in [2.05, 4.69) is 51.1 Å². The van der Waals surface area contributed by atoms with E-state index in [4.69, 9.17) is 17.3 Å². The molecule has 4 aromatic rings. The van der Waals surface area contributed by atoms with E-state index >= 15 is 0 Å². The number of anilines is 2. The van der Waals surface area contributed by atoms with Crippen LogP contribution in [-0.4, -0.2) is 53.9 Å². The summed E-state index contributed by atoms with van der Waals surface area (Å²) < 4.78 is 0. The molecular weight excluding hydrogens is 482 g/mol. The number of amides is 1. The van der Waals surface area contributed by atoms with E-state index < -0.39 is 0 Å². The molecule has 1 fully saturated rings. The molecule has 0 spiro atoms. The number of nitrogen functional groups attached to an aromatic ring is 1. The minimum atomic E-state index is -0.163. The van der Waals surface area contributed by atoms with Gasteiger partial charge in [0.15, 0.2) is 0 Å². The predicted octanol–water partition coefficient (Wildman–Crippen LogP) is 4.87. The summed E-state index contributed by atoms with van der Waals surface area (Å²) in [6.45, 7) is 5.29. The highest BCUT2D eigenvalue weighted by Crippen LogP contribution is 2.25. The third-order valence-corrected chi connectivity index (χ3v) is 6.81. The van der Waals surface area contributed by atoms with Gasteiger partial charge in [-0.25, -0.2) is 4.98 Å². The first-order chi connectivity index (χ1) is 17.9. The van der Waals surface area contributed by atoms with Gasteiger partial charge in [0.1, 0.15) is 5.82 Å². The lowest BCUT2D eigenvalue weighted by atomic mass is 10.1. The van der Waals surface area contributed by atoms with Gasteiger partial charge in [0.05, 0.1) is 5.56 Å². The van der Waals surface area contributed by atoms with Gasteiger partial charge in [-0.05, 0) is 61.1 Å². The molecule has 0 bridgehead atoms. The van der Waals surface area contributed by atoms with E-state index in [1.54, 1.807) is 18.3 Å². The maximum absolute atomic E-state index is 12.8. The molecule has 7 heteroatoms. The third kappa shape index (κ3) is 6.10. The van der Waals surface area contributed by atoms with Crippen molar-refractivity contribution in [1.82, 2.24) is 14.8 Å². The Kier molecular flexibility index (Phi) is 7.38. The predicted molar refractivity (Wildman–Crippen MR) is 151 cm³/mol. The lowest BCUT2D eigenvalue weighted by molar-refractivity contribution is 0.102. The average molecular weight is 510 g/mol. The summed E-state index contributed by atoms with van der Waals surface area (Å²) >= 11 is 6.17. The molecule has 186 valence electrons. The highest BCUT2D eigenvalue weighted by Gasteiger charge is 2.14. The normalized spacial score (nSPS) is 14.2. The van der Waals surface area contributed by atoms with Gasteiger partial charge in [0.2, 0.25) is 0 Å². The van der Waals surface area contributed by atoms with E-state index in [0.29, 0.717) is 22.0 Å². The summed E-state index contributed by atoms with van der Waals surface area (Å²) in [6, 6.07) is 20.8. The largest absolute Gasteiger partial charge is 0.383 e. The smallest absolute Gasteiger partial charge is 0.255 e. The van der Waals surface area contributed by atoms with E-state index in [-0.39, 0.29) is 5.91 Å². The Bertz CT molecular complexity index is 1480. The molecule has 0 aliphatic carbocycles. The first-order valence-electron chi connectivity index (χ1n) is 12.2. The summed E-state index contributed by atoms with van der Waals surface area (Å²) in [5.74, 6) is 6.43. The number of nitrogens with zero attached hydrogens (tertiary/aromatic N) is 3. The number of aromatic nitrogens is 1. The first kappa shape index (κ1) is 24.8. The van der Waals surface area contributed by atoms with Crippen LogP contribution in [0.15, 0.2) is 72.9 Å². The molecular formula is C30H28ClN5O. The van der Waals surface area contributed by atoms with Crippen LogP contribution in [0.3, 0.4) is 0 Å². The molecule has 0 atom stereocenters. The number of hydrogen-bond donors (Lipinski definition) is 2. The third-order valence-electron chi connectivity index (χ3n) is 6.58. The number of carbonyl (C=O) groups excluding carboxylic acids is 1. The quantitative estimate of drug-likeness (QED) is 0.384. The number of fused-ring (bicyclic) bond motifs is 1. The zero-order chi connectivity index (χ0) is 25.8. The molecule has 0 unspecified atom stereocenters. The summed E-state index contributed by atoms with van der Waals surface area (Å²) in [4.78, 5) is 21.8. The molecule has 0 radical (unpaired) electrons. The van der Waals surface area contributed by atoms with Crippen LogP contribution in [-0.2, 0) is 6.54 Å². The number of pyridine rings is 1. The van der Waals surface area contributed by atoms with Crippen LogP contribution in [0.1, 0.15) is 27.0 Å². The second-order valence-electron chi connectivity index (χ2n) is 9.31. The lowest BCUT2D eigenvalue weighted by Crippen LogP contribution is -2.43. The molecule has 1 aliphatic rings. The van der Waals surface area contributed by atoms with Crippen molar-refractivity contribution < 1.29 is 4.79 Å². The molecule has 3 aromatic carbocycles. The van der Waals surface area contributed by atoms with E-state index in [1.165, 1.54) is 5.56 Å². The van der Waals surface area contributed by atoms with Crippen LogP contribution >= 0.6 is 11.6 Å². The summed E-state index contributed by atoms with van der Waals surface area (Å²) in [7, 11) is 2.16. The number of likely N-dealkylation sites (N-methyl/N-ethyl adjacent to an activating group) is 1. The van der Waals surface area contributed by atoms with E-state index in [0.717, 1.165) is 54.7 Å². The van der Waals surface area contributed by atoms with Gasteiger partial charge in [-0.3, -0.25) is 9.69 Å². The molecule has 1 aromatic heterocycles. The summed E-state index contributed by atoms with van der Waals surface area (Å²) in [5, 5.41) is 5.36. The Balaban J connectivity index is 1.23. The maximum atomic E-state index is 12.8. The molecule has 1 aliphatic heterocycles. The Morgan fingerprint density at radius 3 is 2.46 bits per heavy atom. The maximum Gasteiger partial charge on any atom is 0.255 e. The molecule has 6 nitrogen and oxygen atoms in total. The Morgan fingerprint density at radius 2 is 1.73 bits per heavy atom. The monoisotopic (exact) mass is 509 g/mol. The van der Waals surface area contributed by atoms with Crippen molar-refractivity contribution in [3.05, 3.63) is 100 Å². The van der Waals surface area contributed by atoms with E-state index in [9.17, 15) is 4.79 Å². The summed E-state index contributed by atoms with van der Waals surface area (Å²) in [5.41, 5.74) is 10.1. The number of rotatable bonds is 4. The fourth-order valence-corrected chi connectivity index (χ4v) is 4.50. The number of carbonyl (C=O) groups is 1. The van der Waals surface area contributed by atoms with Gasteiger partial charge >= 0.3 is 0 Å². The van der Waals surface area contributed by atoms with Crippen molar-refractivity contribution >= 4 is 39.8 Å². The summed E-state index contributed by atoms with van der Waals surface area (Å²) in [6.07, 6.45) is 1.71. The second kappa shape index (κ2) is 11.0. The number of piperazine rings is 1. The topological polar surface area (TPSA) is 74.5 Å². The first-order valence-corrected chi connectivity index (χ1v) is 12.6. The SMILES string of the molecule is CN1CCN(Cc2ccc(NC(=O)c3ccc(C#Cc4c(N)ncc5ccc(Cl)cc45)cc3)cc2)CC1. The van der Waals surface area contributed by atoms with Gasteiger partial charge in [-0.2, -0.15) is 0 Å². The van der Waals surface area contributed by atoms with Crippen LogP contribution in [0, 0.1) is 11.8 Å². The zero-order valence-corrected chi connectivity index (χ0v) is 21.4. The van der Waals surface area contributed by atoms with Gasteiger partial charge in [-0.1, -0.05) is 41.6 Å². The van der Waals surface area contributed by atoms with Crippen molar-refractivity contribution in [3.8, 4) is 11.8 Å². The number of nitrogens with one attached hydrogen (secondary N) is 1. The number of benzene rings is 3. The molecule has 0 saturated carbocycles. The molecule has 37 heavy (non-hydrogen) atoms. The van der Waals surface area contributed by atoms with Gasteiger partial charge in [0.25, 0.3) is 5.91 Å². The highest BCUT2D eigenvalue weighted by atomic mass is 35.5. The Labute approximate surface area is 222 Å². The van der Waals surface area contributed by atoms with Crippen LogP contribution in [0.25, 0.3) is 10.8 Å². The fourth-order valence-electron chi connectivity index (χ4n) is 4.33. The van der Waals surface area contributed by atoms with Crippen LogP contribution in [0.2, 0.25) is 5.02 Å². The van der Waals surface area contributed by atoms with Crippen molar-refractivity contribution in [3.63, 3.8) is 0 Å². The fraction of sp³-hybridized carbons (Fsp3) is 0.200.